The standard InChI is InChI=1S/C20H25N5O3/c26-20(15-1-2-15)25-7-5-14(6-8-25)19-22-18(23-28-19)16-3-4-17(21-13-16)24-9-11-27-12-10-24/h3-4,13-15H,1-2,5-12H2. The predicted octanol–water partition coefficient (Wildman–Crippen LogP) is 2.08. The summed E-state index contributed by atoms with van der Waals surface area (Å²) < 4.78 is 10.9. The second-order valence-corrected chi connectivity index (χ2v) is 7.83. The van der Waals surface area contributed by atoms with Crippen molar-refractivity contribution in [2.75, 3.05) is 44.3 Å². The molecule has 148 valence electrons. The van der Waals surface area contributed by atoms with Gasteiger partial charge in [-0.3, -0.25) is 4.79 Å². The number of amides is 1. The molecule has 2 saturated heterocycles. The molecule has 1 aliphatic carbocycles. The van der Waals surface area contributed by atoms with E-state index in [1.807, 2.05) is 17.0 Å². The van der Waals surface area contributed by atoms with Crippen LogP contribution in [0.5, 0.6) is 0 Å². The maximum Gasteiger partial charge on any atom is 0.230 e. The highest BCUT2D eigenvalue weighted by atomic mass is 16.5. The smallest absolute Gasteiger partial charge is 0.230 e. The minimum absolute atomic E-state index is 0.227. The zero-order chi connectivity index (χ0) is 18.9. The minimum Gasteiger partial charge on any atom is -0.378 e. The summed E-state index contributed by atoms with van der Waals surface area (Å²) in [5, 5.41) is 4.16. The monoisotopic (exact) mass is 383 g/mol. The van der Waals surface area contributed by atoms with Gasteiger partial charge in [-0.25, -0.2) is 4.98 Å². The number of pyridine rings is 1. The number of carbonyl (C=O) groups excluding carboxylic acids is 1. The molecule has 0 bridgehead atoms. The molecule has 1 amide bonds. The van der Waals surface area contributed by atoms with E-state index < -0.39 is 0 Å². The van der Waals surface area contributed by atoms with Gasteiger partial charge in [0.1, 0.15) is 5.82 Å². The number of nitrogens with zero attached hydrogens (tertiary/aromatic N) is 5. The third-order valence-electron chi connectivity index (χ3n) is 5.87. The SMILES string of the molecule is O=C(C1CC1)N1CCC(c2nc(-c3ccc(N4CCOCC4)nc3)no2)CC1. The van der Waals surface area contributed by atoms with Crippen molar-refractivity contribution < 1.29 is 14.1 Å². The molecule has 2 aromatic rings. The van der Waals surface area contributed by atoms with Crippen LogP contribution in [0.3, 0.4) is 0 Å². The van der Waals surface area contributed by atoms with Gasteiger partial charge >= 0.3 is 0 Å². The normalized spacial score (nSPS) is 21.1. The molecule has 8 nitrogen and oxygen atoms in total. The average Bonchev–Trinajstić information content (AvgIpc) is 3.50. The molecule has 8 heteroatoms. The first-order chi connectivity index (χ1) is 13.8. The first-order valence-corrected chi connectivity index (χ1v) is 10.2. The number of ether oxygens (including phenoxy) is 1. The van der Waals surface area contributed by atoms with E-state index in [0.717, 1.165) is 76.5 Å². The predicted molar refractivity (Wildman–Crippen MR) is 102 cm³/mol. The fourth-order valence-electron chi connectivity index (χ4n) is 3.95. The van der Waals surface area contributed by atoms with Gasteiger partial charge < -0.3 is 19.1 Å². The molecule has 0 spiro atoms. The van der Waals surface area contributed by atoms with Gasteiger partial charge in [-0.15, -0.1) is 0 Å². The largest absolute Gasteiger partial charge is 0.378 e. The summed E-state index contributed by atoms with van der Waals surface area (Å²) in [4.78, 5) is 25.6. The van der Waals surface area contributed by atoms with Crippen molar-refractivity contribution in [3.63, 3.8) is 0 Å². The van der Waals surface area contributed by atoms with E-state index in [0.29, 0.717) is 23.5 Å². The molecule has 4 heterocycles. The van der Waals surface area contributed by atoms with E-state index in [9.17, 15) is 4.79 Å². The summed E-state index contributed by atoms with van der Waals surface area (Å²) in [5.41, 5.74) is 0.855. The summed E-state index contributed by atoms with van der Waals surface area (Å²) in [6, 6.07) is 3.99. The highest BCUT2D eigenvalue weighted by Gasteiger charge is 2.36. The molecule has 0 N–H and O–H groups in total. The Morgan fingerprint density at radius 3 is 2.50 bits per heavy atom. The Kier molecular flexibility index (Phi) is 4.72. The maximum absolute atomic E-state index is 12.2. The zero-order valence-corrected chi connectivity index (χ0v) is 15.9. The maximum atomic E-state index is 12.2. The molecule has 5 rings (SSSR count). The van der Waals surface area contributed by atoms with Crippen molar-refractivity contribution in [3.05, 3.63) is 24.2 Å². The molecule has 28 heavy (non-hydrogen) atoms. The van der Waals surface area contributed by atoms with Crippen molar-refractivity contribution in [1.82, 2.24) is 20.0 Å². The highest BCUT2D eigenvalue weighted by Crippen LogP contribution is 2.34. The Balaban J connectivity index is 1.22. The van der Waals surface area contributed by atoms with E-state index in [1.54, 1.807) is 6.20 Å². The van der Waals surface area contributed by atoms with Crippen LogP contribution in [0.4, 0.5) is 5.82 Å². The molecule has 0 unspecified atom stereocenters. The quantitative estimate of drug-likeness (QED) is 0.799. The fraction of sp³-hybridized carbons (Fsp3) is 0.600. The van der Waals surface area contributed by atoms with Gasteiger partial charge in [0.25, 0.3) is 0 Å². The lowest BCUT2D eigenvalue weighted by Gasteiger charge is -2.30. The van der Waals surface area contributed by atoms with Gasteiger partial charge in [0.15, 0.2) is 0 Å². The topological polar surface area (TPSA) is 84.6 Å². The van der Waals surface area contributed by atoms with Gasteiger partial charge in [0.2, 0.25) is 17.6 Å². The number of piperidine rings is 1. The van der Waals surface area contributed by atoms with Crippen LogP contribution in [0, 0.1) is 5.92 Å². The second-order valence-electron chi connectivity index (χ2n) is 7.83. The number of hydrogen-bond acceptors (Lipinski definition) is 7. The number of likely N-dealkylation sites (tertiary alicyclic amines) is 1. The Labute approximate surface area is 163 Å². The average molecular weight is 383 g/mol. The molecular weight excluding hydrogens is 358 g/mol. The molecule has 0 aromatic carbocycles. The molecular formula is C20H25N5O3. The van der Waals surface area contributed by atoms with E-state index in [1.165, 1.54) is 0 Å². The van der Waals surface area contributed by atoms with Crippen LogP contribution in [0.15, 0.2) is 22.9 Å². The fourth-order valence-corrected chi connectivity index (χ4v) is 3.95. The lowest BCUT2D eigenvalue weighted by Crippen LogP contribution is -2.38. The number of rotatable bonds is 4. The molecule has 2 aromatic heterocycles. The molecule has 0 atom stereocenters. The first kappa shape index (κ1) is 17.6. The van der Waals surface area contributed by atoms with Crippen LogP contribution in [0.25, 0.3) is 11.4 Å². The van der Waals surface area contributed by atoms with Crippen LogP contribution in [-0.4, -0.2) is 65.3 Å². The summed E-state index contributed by atoms with van der Waals surface area (Å²) in [7, 11) is 0. The molecule has 3 fully saturated rings. The van der Waals surface area contributed by atoms with Crippen molar-refractivity contribution in [1.29, 1.82) is 0 Å². The van der Waals surface area contributed by atoms with Gasteiger partial charge in [-0.2, -0.15) is 4.98 Å². The Hall–Kier alpha value is -2.48. The second kappa shape index (κ2) is 7.50. The van der Waals surface area contributed by atoms with Gasteiger partial charge in [-0.05, 0) is 37.8 Å². The van der Waals surface area contributed by atoms with Gasteiger partial charge in [0.05, 0.1) is 13.2 Å². The van der Waals surface area contributed by atoms with Crippen LogP contribution in [-0.2, 0) is 9.53 Å². The van der Waals surface area contributed by atoms with Gasteiger partial charge in [-0.1, -0.05) is 5.16 Å². The summed E-state index contributed by atoms with van der Waals surface area (Å²) >= 11 is 0. The van der Waals surface area contributed by atoms with Crippen molar-refractivity contribution in [2.24, 2.45) is 5.92 Å². The number of hydrogen-bond donors (Lipinski definition) is 0. The van der Waals surface area contributed by atoms with E-state index in [4.69, 9.17) is 9.26 Å². The van der Waals surface area contributed by atoms with Crippen molar-refractivity contribution in [3.8, 4) is 11.4 Å². The number of carbonyl (C=O) groups is 1. The van der Waals surface area contributed by atoms with Crippen molar-refractivity contribution >= 4 is 11.7 Å². The number of morpholine rings is 1. The Bertz CT molecular complexity index is 819. The van der Waals surface area contributed by atoms with Gasteiger partial charge in [0, 0.05) is 49.8 Å². The van der Waals surface area contributed by atoms with Crippen LogP contribution >= 0.6 is 0 Å². The molecule has 0 radical (unpaired) electrons. The highest BCUT2D eigenvalue weighted by molar-refractivity contribution is 5.81. The Morgan fingerprint density at radius 2 is 1.82 bits per heavy atom. The number of anilines is 1. The molecule has 1 saturated carbocycles. The third-order valence-corrected chi connectivity index (χ3v) is 5.87. The van der Waals surface area contributed by atoms with Crippen LogP contribution in [0.2, 0.25) is 0 Å². The summed E-state index contributed by atoms with van der Waals surface area (Å²) in [5.74, 6) is 3.04. The minimum atomic E-state index is 0.227. The van der Waals surface area contributed by atoms with Crippen LogP contribution < -0.4 is 4.90 Å². The summed E-state index contributed by atoms with van der Waals surface area (Å²) in [6.07, 6.45) is 5.69. The lowest BCUT2D eigenvalue weighted by molar-refractivity contribution is -0.133. The molecule has 2 aliphatic heterocycles. The lowest BCUT2D eigenvalue weighted by atomic mass is 9.96. The Morgan fingerprint density at radius 1 is 1.04 bits per heavy atom. The van der Waals surface area contributed by atoms with Crippen LogP contribution in [0.1, 0.15) is 37.5 Å². The number of aromatic nitrogens is 3. The first-order valence-electron chi connectivity index (χ1n) is 10.2. The third kappa shape index (κ3) is 3.61. The van der Waals surface area contributed by atoms with E-state index >= 15 is 0 Å². The van der Waals surface area contributed by atoms with E-state index in [-0.39, 0.29) is 5.92 Å². The van der Waals surface area contributed by atoms with E-state index in [2.05, 4.69) is 20.0 Å². The van der Waals surface area contributed by atoms with Crippen molar-refractivity contribution in [2.45, 2.75) is 31.6 Å². The summed E-state index contributed by atoms with van der Waals surface area (Å²) in [6.45, 7) is 4.77. The molecule has 3 aliphatic rings. The zero-order valence-electron chi connectivity index (χ0n) is 15.9.